The van der Waals surface area contributed by atoms with E-state index in [0.717, 1.165) is 0 Å². The van der Waals surface area contributed by atoms with Crippen LogP contribution in [0.15, 0.2) is 18.2 Å². The fourth-order valence-electron chi connectivity index (χ4n) is 2.29. The first-order valence-electron chi connectivity index (χ1n) is 7.49. The van der Waals surface area contributed by atoms with Gasteiger partial charge in [0, 0.05) is 16.6 Å². The van der Waals surface area contributed by atoms with Gasteiger partial charge in [0.1, 0.15) is 18.1 Å². The Kier molecular flexibility index (Phi) is 5.00. The molecular weight excluding hydrogens is 346 g/mol. The topological polar surface area (TPSA) is 130 Å². The molecule has 2 rings (SSSR count). The Hall–Kier alpha value is -2.65. The number of fused-ring (bicyclic) bond motifs is 1. The highest BCUT2D eigenvalue weighted by Crippen LogP contribution is 2.33. The molecule has 0 fully saturated rings. The quantitative estimate of drug-likeness (QED) is 0.318. The first kappa shape index (κ1) is 18.7. The average molecular weight is 365 g/mol. The van der Waals surface area contributed by atoms with E-state index in [1.165, 1.54) is 18.2 Å². The molecule has 8 nitrogen and oxygen atoms in total. The Morgan fingerprint density at radius 1 is 1.28 bits per heavy atom. The number of ether oxygens (including phenoxy) is 1. The zero-order valence-corrected chi connectivity index (χ0v) is 15.5. The molecule has 0 radical (unpaired) electrons. The van der Waals surface area contributed by atoms with Crippen molar-refractivity contribution in [3.63, 3.8) is 0 Å². The van der Waals surface area contributed by atoms with Crippen LogP contribution in [-0.2, 0) is 16.1 Å². The maximum Gasteiger partial charge on any atom is 0.311 e. The highest BCUT2D eigenvalue weighted by atomic mass is 28.2. The number of phenolic OH excluding ortho intramolecular Hbond substituents is 2. The molecule has 0 spiro atoms. The van der Waals surface area contributed by atoms with Crippen LogP contribution in [0.2, 0.25) is 0 Å². The van der Waals surface area contributed by atoms with Gasteiger partial charge in [0.15, 0.2) is 9.76 Å². The highest BCUT2D eigenvalue weighted by Gasteiger charge is 2.25. The fourth-order valence-corrected chi connectivity index (χ4v) is 2.90. The van der Waals surface area contributed by atoms with Gasteiger partial charge >= 0.3 is 5.97 Å². The van der Waals surface area contributed by atoms with Gasteiger partial charge in [0.25, 0.3) is 5.69 Å². The molecule has 0 amide bonds. The molecule has 0 saturated carbocycles. The van der Waals surface area contributed by atoms with Crippen molar-refractivity contribution in [1.82, 2.24) is 0 Å². The van der Waals surface area contributed by atoms with Crippen molar-refractivity contribution in [3.05, 3.63) is 33.9 Å². The Bertz CT molecular complexity index is 858. The summed E-state index contributed by atoms with van der Waals surface area (Å²) >= 11 is 0. The molecule has 2 aromatic carbocycles. The number of esters is 1. The normalized spacial score (nSPS) is 12.0. The van der Waals surface area contributed by atoms with Gasteiger partial charge in [-0.15, -0.1) is 0 Å². The third-order valence-electron chi connectivity index (χ3n) is 3.72. The predicted octanol–water partition coefficient (Wildman–Crippen LogP) is 0.950. The molecule has 0 bridgehead atoms. The van der Waals surface area contributed by atoms with Crippen molar-refractivity contribution in [2.75, 3.05) is 0 Å². The molecule has 9 heteroatoms. The van der Waals surface area contributed by atoms with Crippen LogP contribution < -0.4 is 5.19 Å². The minimum absolute atomic E-state index is 0.0546. The molecule has 0 unspecified atom stereocenters. The fraction of sp³-hybridized carbons (Fsp3) is 0.312. The second-order valence-electron chi connectivity index (χ2n) is 6.67. The van der Waals surface area contributed by atoms with E-state index >= 15 is 0 Å². The third-order valence-corrected chi connectivity index (χ3v) is 4.73. The van der Waals surface area contributed by atoms with Crippen molar-refractivity contribution in [2.45, 2.75) is 27.4 Å². The van der Waals surface area contributed by atoms with Crippen LogP contribution >= 0.6 is 0 Å². The van der Waals surface area contributed by atoms with Gasteiger partial charge in [0.05, 0.1) is 15.9 Å². The van der Waals surface area contributed by atoms with E-state index in [9.17, 15) is 29.9 Å². The maximum atomic E-state index is 11.9. The summed E-state index contributed by atoms with van der Waals surface area (Å²) < 4.78 is 5.14. The second-order valence-corrected chi connectivity index (χ2v) is 7.69. The molecule has 0 aromatic heterocycles. The summed E-state index contributed by atoms with van der Waals surface area (Å²) in [5.41, 5.74) is -0.932. The number of aromatic hydroxyl groups is 2. The van der Waals surface area contributed by atoms with Gasteiger partial charge in [-0.3, -0.25) is 14.9 Å². The van der Waals surface area contributed by atoms with Gasteiger partial charge in [-0.25, -0.2) is 0 Å². The summed E-state index contributed by atoms with van der Waals surface area (Å²) in [6.07, 6.45) is 0. The van der Waals surface area contributed by atoms with Gasteiger partial charge in [-0.2, -0.15) is 0 Å². The molecule has 0 aliphatic heterocycles. The summed E-state index contributed by atoms with van der Waals surface area (Å²) in [4.78, 5) is 32.0. The van der Waals surface area contributed by atoms with Crippen LogP contribution in [0.3, 0.4) is 0 Å². The maximum absolute atomic E-state index is 11.9. The van der Waals surface area contributed by atoms with Gasteiger partial charge in [0.2, 0.25) is 0 Å². The van der Waals surface area contributed by atoms with Crippen LogP contribution in [0.1, 0.15) is 26.3 Å². The molecule has 2 aromatic rings. The average Bonchev–Trinajstić information content (AvgIpc) is 2.51. The van der Waals surface area contributed by atoms with Crippen LogP contribution in [0, 0.1) is 15.5 Å². The van der Waals surface area contributed by atoms with Crippen molar-refractivity contribution >= 4 is 37.4 Å². The van der Waals surface area contributed by atoms with Crippen LogP contribution in [-0.4, -0.2) is 35.7 Å². The molecule has 0 aliphatic carbocycles. The molecule has 134 valence electrons. The smallest absolute Gasteiger partial charge is 0.311 e. The monoisotopic (exact) mass is 365 g/mol. The van der Waals surface area contributed by atoms with E-state index < -0.39 is 26.1 Å². The molecule has 0 atom stereocenters. The number of phenols is 2. The highest BCUT2D eigenvalue weighted by molar-refractivity contribution is 6.49. The lowest BCUT2D eigenvalue weighted by Crippen LogP contribution is -2.22. The molecule has 0 saturated heterocycles. The SMILES string of the molecule is CC(C)(C)C(=O)OCc1cc2c(O)c([SiH2]O)c(O)cc2cc1[N+](=O)[O-]. The van der Waals surface area contributed by atoms with Crippen LogP contribution in [0.25, 0.3) is 10.8 Å². The molecule has 0 heterocycles. The van der Waals surface area contributed by atoms with E-state index in [1.807, 2.05) is 0 Å². The van der Waals surface area contributed by atoms with Crippen molar-refractivity contribution in [3.8, 4) is 11.5 Å². The lowest BCUT2D eigenvalue weighted by atomic mass is 9.97. The number of carbonyl (C=O) groups excluding carboxylic acids is 1. The van der Waals surface area contributed by atoms with Gasteiger partial charge in [-0.1, -0.05) is 0 Å². The van der Waals surface area contributed by atoms with Gasteiger partial charge < -0.3 is 19.7 Å². The molecule has 3 N–H and O–H groups in total. The van der Waals surface area contributed by atoms with Crippen molar-refractivity contribution < 1.29 is 29.5 Å². The van der Waals surface area contributed by atoms with Gasteiger partial charge in [-0.05, 0) is 38.3 Å². The molecule has 0 aliphatic rings. The summed E-state index contributed by atoms with van der Waals surface area (Å²) in [6, 6.07) is 3.79. The number of nitrogens with zero attached hydrogens (tertiary/aromatic N) is 1. The minimum Gasteiger partial charge on any atom is -0.508 e. The zero-order valence-electron chi connectivity index (χ0n) is 14.1. The standard InChI is InChI=1S/C16H19NO7Si/c1-16(2,3)15(20)24-7-9-4-10-8(5-11(9)17(21)22)6-12(18)14(25-23)13(10)19/h4-6,18-19,23H,7,25H2,1-3H3. The Labute approximate surface area is 145 Å². The van der Waals surface area contributed by atoms with Crippen LogP contribution in [0.5, 0.6) is 11.5 Å². The summed E-state index contributed by atoms with van der Waals surface area (Å²) in [5, 5.41) is 31.9. The largest absolute Gasteiger partial charge is 0.508 e. The lowest BCUT2D eigenvalue weighted by Gasteiger charge is -2.17. The number of hydrogen-bond acceptors (Lipinski definition) is 7. The number of carbonyl (C=O) groups is 1. The van der Waals surface area contributed by atoms with Crippen molar-refractivity contribution in [2.24, 2.45) is 5.41 Å². The van der Waals surface area contributed by atoms with E-state index in [4.69, 9.17) is 4.74 Å². The Morgan fingerprint density at radius 2 is 1.92 bits per heavy atom. The number of benzene rings is 2. The van der Waals surface area contributed by atoms with Crippen LogP contribution in [0.4, 0.5) is 5.69 Å². The Balaban J connectivity index is 2.56. The predicted molar refractivity (Wildman–Crippen MR) is 93.6 cm³/mol. The summed E-state index contributed by atoms with van der Waals surface area (Å²) in [5.74, 6) is -1.14. The molecular formula is C16H19NO7Si. The number of nitro benzene ring substituents is 1. The third kappa shape index (κ3) is 3.72. The van der Waals surface area contributed by atoms with E-state index in [1.54, 1.807) is 20.8 Å². The second kappa shape index (κ2) is 6.69. The first-order valence-corrected chi connectivity index (χ1v) is 8.83. The summed E-state index contributed by atoms with van der Waals surface area (Å²) in [7, 11) is -1.85. The van der Waals surface area contributed by atoms with E-state index in [0.29, 0.717) is 0 Å². The van der Waals surface area contributed by atoms with Crippen molar-refractivity contribution in [1.29, 1.82) is 0 Å². The first-order chi connectivity index (χ1) is 11.6. The number of rotatable bonds is 4. The van der Waals surface area contributed by atoms with E-state index in [2.05, 4.69) is 0 Å². The van der Waals surface area contributed by atoms with E-state index in [-0.39, 0.29) is 45.3 Å². The zero-order chi connectivity index (χ0) is 18.9. The number of hydrogen-bond donors (Lipinski definition) is 3. The Morgan fingerprint density at radius 3 is 2.44 bits per heavy atom. The minimum atomic E-state index is -1.85. The number of nitro groups is 1. The summed E-state index contributed by atoms with van der Waals surface area (Å²) in [6.45, 7) is 4.67. The molecule has 25 heavy (non-hydrogen) atoms. The lowest BCUT2D eigenvalue weighted by molar-refractivity contribution is -0.385.